The summed E-state index contributed by atoms with van der Waals surface area (Å²) in [6, 6.07) is 4.92. The molecule has 0 atom stereocenters. The van der Waals surface area contributed by atoms with Gasteiger partial charge in [0.15, 0.2) is 0 Å². The highest BCUT2D eigenvalue weighted by Crippen LogP contribution is 2.21. The van der Waals surface area contributed by atoms with Gasteiger partial charge < -0.3 is 10.5 Å². The van der Waals surface area contributed by atoms with E-state index in [9.17, 15) is 14.9 Å². The fourth-order valence-corrected chi connectivity index (χ4v) is 1.35. The molecule has 0 radical (unpaired) electrons. The molecule has 0 saturated carbocycles. The number of ether oxygens (including phenoxy) is 1. The van der Waals surface area contributed by atoms with E-state index in [1.807, 2.05) is 0 Å². The van der Waals surface area contributed by atoms with Crippen LogP contribution in [0.15, 0.2) is 24.4 Å². The average molecular weight is 236 g/mol. The number of nitrogens with zero attached hydrogens (tertiary/aromatic N) is 1. The number of hydrogen-bond donors (Lipinski definition) is 1. The standard InChI is InChI=1S/C11H12N2O4/c1-17-10-6-8(4-5-13(15)16)2-3-9(10)7-11(12)14/h2-6H,7H2,1H3,(H2,12,14). The van der Waals surface area contributed by atoms with Crippen LogP contribution in [-0.2, 0) is 11.2 Å². The van der Waals surface area contributed by atoms with Crippen LogP contribution in [0, 0.1) is 10.1 Å². The number of nitrogens with two attached hydrogens (primary N) is 1. The largest absolute Gasteiger partial charge is 0.496 e. The van der Waals surface area contributed by atoms with Gasteiger partial charge in [-0.3, -0.25) is 14.9 Å². The van der Waals surface area contributed by atoms with Crippen molar-refractivity contribution in [2.75, 3.05) is 7.11 Å². The SMILES string of the molecule is COc1cc(C=C[N+](=O)[O-])ccc1CC(N)=O. The highest BCUT2D eigenvalue weighted by molar-refractivity contribution is 5.77. The number of carbonyl (C=O) groups is 1. The van der Waals surface area contributed by atoms with Gasteiger partial charge in [0.25, 0.3) is 0 Å². The molecule has 17 heavy (non-hydrogen) atoms. The van der Waals surface area contributed by atoms with Crippen molar-refractivity contribution >= 4 is 12.0 Å². The second-order valence-electron chi connectivity index (χ2n) is 3.32. The molecule has 6 nitrogen and oxygen atoms in total. The van der Waals surface area contributed by atoms with E-state index < -0.39 is 10.8 Å². The van der Waals surface area contributed by atoms with Crippen LogP contribution in [0.3, 0.4) is 0 Å². The predicted molar refractivity (Wildman–Crippen MR) is 61.9 cm³/mol. The van der Waals surface area contributed by atoms with E-state index >= 15 is 0 Å². The number of benzene rings is 1. The summed E-state index contributed by atoms with van der Waals surface area (Å²) in [5, 5.41) is 10.2. The van der Waals surface area contributed by atoms with Gasteiger partial charge in [0.05, 0.1) is 18.5 Å². The Labute approximate surface area is 97.8 Å². The molecule has 0 saturated heterocycles. The van der Waals surface area contributed by atoms with Crippen LogP contribution in [0.2, 0.25) is 0 Å². The Morgan fingerprint density at radius 2 is 2.29 bits per heavy atom. The molecule has 1 aromatic rings. The molecule has 0 aromatic heterocycles. The summed E-state index contributed by atoms with van der Waals surface area (Å²) >= 11 is 0. The van der Waals surface area contributed by atoms with Crippen LogP contribution in [0.4, 0.5) is 0 Å². The normalized spacial score (nSPS) is 10.4. The lowest BCUT2D eigenvalue weighted by Gasteiger charge is -2.07. The molecule has 0 unspecified atom stereocenters. The lowest BCUT2D eigenvalue weighted by molar-refractivity contribution is -0.400. The highest BCUT2D eigenvalue weighted by Gasteiger charge is 2.06. The Morgan fingerprint density at radius 3 is 2.82 bits per heavy atom. The predicted octanol–water partition coefficient (Wildman–Crippen LogP) is 0.970. The van der Waals surface area contributed by atoms with Crippen molar-refractivity contribution in [3.63, 3.8) is 0 Å². The summed E-state index contributed by atoms with van der Waals surface area (Å²) in [6.07, 6.45) is 2.25. The van der Waals surface area contributed by atoms with Crippen LogP contribution >= 0.6 is 0 Å². The van der Waals surface area contributed by atoms with Gasteiger partial charge in [-0.25, -0.2) is 0 Å². The third kappa shape index (κ3) is 3.94. The molecule has 1 aromatic carbocycles. The first-order chi connectivity index (χ1) is 8.02. The zero-order chi connectivity index (χ0) is 12.8. The number of amides is 1. The van der Waals surface area contributed by atoms with Gasteiger partial charge >= 0.3 is 0 Å². The molecule has 0 aliphatic carbocycles. The quantitative estimate of drug-likeness (QED) is 0.608. The van der Waals surface area contributed by atoms with E-state index in [1.54, 1.807) is 18.2 Å². The van der Waals surface area contributed by atoms with E-state index in [-0.39, 0.29) is 6.42 Å². The number of carbonyl (C=O) groups excluding carboxylic acids is 1. The Bertz CT molecular complexity index is 469. The summed E-state index contributed by atoms with van der Waals surface area (Å²) in [5.41, 5.74) is 6.36. The van der Waals surface area contributed by atoms with E-state index in [1.165, 1.54) is 13.2 Å². The fourth-order valence-electron chi connectivity index (χ4n) is 1.35. The molecule has 2 N–H and O–H groups in total. The summed E-state index contributed by atoms with van der Waals surface area (Å²) in [4.78, 5) is 20.4. The van der Waals surface area contributed by atoms with Crippen LogP contribution in [0.1, 0.15) is 11.1 Å². The number of methoxy groups -OCH3 is 1. The summed E-state index contributed by atoms with van der Waals surface area (Å²) in [7, 11) is 1.46. The van der Waals surface area contributed by atoms with Gasteiger partial charge in [0.2, 0.25) is 12.1 Å². The number of rotatable bonds is 5. The summed E-state index contributed by atoms with van der Waals surface area (Å²) in [5.74, 6) is 0.0196. The Kier molecular flexibility index (Phi) is 4.21. The van der Waals surface area contributed by atoms with Crippen molar-refractivity contribution in [3.8, 4) is 5.75 Å². The lowest BCUT2D eigenvalue weighted by Crippen LogP contribution is -2.14. The molecule has 1 amide bonds. The maximum Gasteiger partial charge on any atom is 0.235 e. The van der Waals surface area contributed by atoms with Crippen molar-refractivity contribution in [2.24, 2.45) is 5.73 Å². The minimum atomic E-state index is -0.552. The van der Waals surface area contributed by atoms with Crippen LogP contribution in [0.5, 0.6) is 5.75 Å². The lowest BCUT2D eigenvalue weighted by atomic mass is 10.1. The minimum Gasteiger partial charge on any atom is -0.496 e. The van der Waals surface area contributed by atoms with Crippen molar-refractivity contribution < 1.29 is 14.5 Å². The van der Waals surface area contributed by atoms with E-state index in [2.05, 4.69) is 0 Å². The molecule has 0 bridgehead atoms. The van der Waals surface area contributed by atoms with Gasteiger partial charge in [-0.15, -0.1) is 0 Å². The first-order valence-electron chi connectivity index (χ1n) is 4.80. The molecule has 0 spiro atoms. The zero-order valence-corrected chi connectivity index (χ0v) is 9.25. The first-order valence-corrected chi connectivity index (χ1v) is 4.80. The Hall–Kier alpha value is -2.37. The van der Waals surface area contributed by atoms with Gasteiger partial charge in [-0.2, -0.15) is 0 Å². The van der Waals surface area contributed by atoms with E-state index in [0.717, 1.165) is 6.20 Å². The summed E-state index contributed by atoms with van der Waals surface area (Å²) < 4.78 is 5.08. The molecule has 1 rings (SSSR count). The third-order valence-corrected chi connectivity index (χ3v) is 2.06. The Balaban J connectivity index is 2.99. The van der Waals surface area contributed by atoms with Crippen molar-refractivity contribution in [2.45, 2.75) is 6.42 Å². The van der Waals surface area contributed by atoms with Crippen LogP contribution in [0.25, 0.3) is 6.08 Å². The number of hydrogen-bond acceptors (Lipinski definition) is 4. The highest BCUT2D eigenvalue weighted by atomic mass is 16.6. The first kappa shape index (κ1) is 12.7. The molecular weight excluding hydrogens is 224 g/mol. The van der Waals surface area contributed by atoms with Crippen molar-refractivity contribution in [1.29, 1.82) is 0 Å². The molecule has 0 aliphatic heterocycles. The van der Waals surface area contributed by atoms with E-state index in [0.29, 0.717) is 16.9 Å². The van der Waals surface area contributed by atoms with Gasteiger partial charge in [0.1, 0.15) is 5.75 Å². The van der Waals surface area contributed by atoms with E-state index in [4.69, 9.17) is 10.5 Å². The monoisotopic (exact) mass is 236 g/mol. The summed E-state index contributed by atoms with van der Waals surface area (Å²) in [6.45, 7) is 0. The fraction of sp³-hybridized carbons (Fsp3) is 0.182. The zero-order valence-electron chi connectivity index (χ0n) is 9.25. The number of nitro groups is 1. The second-order valence-corrected chi connectivity index (χ2v) is 3.32. The molecule has 6 heteroatoms. The molecule has 0 aliphatic rings. The smallest absolute Gasteiger partial charge is 0.235 e. The van der Waals surface area contributed by atoms with Crippen molar-refractivity contribution in [1.82, 2.24) is 0 Å². The Morgan fingerprint density at radius 1 is 1.59 bits per heavy atom. The minimum absolute atomic E-state index is 0.0718. The van der Waals surface area contributed by atoms with Gasteiger partial charge in [-0.1, -0.05) is 12.1 Å². The molecule has 0 heterocycles. The third-order valence-electron chi connectivity index (χ3n) is 2.06. The maximum atomic E-state index is 10.8. The van der Waals surface area contributed by atoms with Crippen LogP contribution in [-0.4, -0.2) is 17.9 Å². The van der Waals surface area contributed by atoms with Crippen molar-refractivity contribution in [3.05, 3.63) is 45.6 Å². The van der Waals surface area contributed by atoms with Gasteiger partial charge in [0, 0.05) is 11.6 Å². The maximum absolute atomic E-state index is 10.8. The molecule has 0 fully saturated rings. The second kappa shape index (κ2) is 5.64. The number of primary amides is 1. The average Bonchev–Trinajstić information content (AvgIpc) is 2.26. The topological polar surface area (TPSA) is 95.5 Å². The van der Waals surface area contributed by atoms with Gasteiger partial charge in [-0.05, 0) is 11.6 Å². The van der Waals surface area contributed by atoms with Crippen LogP contribution < -0.4 is 10.5 Å². The molecule has 90 valence electrons. The molecular formula is C11H12N2O4.